The molecule has 0 bridgehead atoms. The molecule has 2 rings (SSSR count). The minimum absolute atomic E-state index is 0.153. The van der Waals surface area contributed by atoms with Gasteiger partial charge in [-0.05, 0) is 18.9 Å². The van der Waals surface area contributed by atoms with Gasteiger partial charge in [0.1, 0.15) is 6.26 Å². The van der Waals surface area contributed by atoms with E-state index in [2.05, 4.69) is 0 Å². The Balaban J connectivity index is 2.05. The largest absolute Gasteiger partial charge is 0.481 e. The smallest absolute Gasteiger partial charge is 0.308 e. The number of carbonyl (C=O) groups is 2. The third kappa shape index (κ3) is 2.08. The molecule has 1 aromatic rings. The maximum atomic E-state index is 11.9. The summed E-state index contributed by atoms with van der Waals surface area (Å²) in [5.41, 5.74) is 0.478. The average Bonchev–Trinajstić information content (AvgIpc) is 2.81. The fraction of sp³-hybridized carbons (Fsp3) is 0.455. The molecule has 5 heteroatoms. The van der Waals surface area contributed by atoms with Gasteiger partial charge in [-0.15, -0.1) is 0 Å². The van der Waals surface area contributed by atoms with Crippen molar-refractivity contribution in [3.8, 4) is 0 Å². The van der Waals surface area contributed by atoms with Gasteiger partial charge in [0, 0.05) is 13.1 Å². The second-order valence-corrected chi connectivity index (χ2v) is 3.94. The Morgan fingerprint density at radius 3 is 2.94 bits per heavy atom. The van der Waals surface area contributed by atoms with Crippen molar-refractivity contribution in [3.05, 3.63) is 24.2 Å². The molecule has 1 amide bonds. The van der Waals surface area contributed by atoms with Crippen LogP contribution >= 0.6 is 0 Å². The van der Waals surface area contributed by atoms with Gasteiger partial charge in [-0.2, -0.15) is 0 Å². The number of piperidine rings is 1. The Bertz CT molecular complexity index is 385. The number of hydrogen-bond donors (Lipinski definition) is 1. The molecular weight excluding hydrogens is 210 g/mol. The van der Waals surface area contributed by atoms with Crippen LogP contribution in [0.15, 0.2) is 23.0 Å². The lowest BCUT2D eigenvalue weighted by Crippen LogP contribution is -2.42. The second-order valence-electron chi connectivity index (χ2n) is 3.94. The van der Waals surface area contributed by atoms with Gasteiger partial charge in [0.2, 0.25) is 0 Å². The van der Waals surface area contributed by atoms with Crippen molar-refractivity contribution in [1.29, 1.82) is 0 Å². The summed E-state index contributed by atoms with van der Waals surface area (Å²) in [6, 6.07) is 1.59. The van der Waals surface area contributed by atoms with E-state index in [1.165, 1.54) is 12.5 Å². The van der Waals surface area contributed by atoms with Crippen molar-refractivity contribution in [1.82, 2.24) is 4.90 Å². The van der Waals surface area contributed by atoms with Crippen LogP contribution in [-0.4, -0.2) is 35.0 Å². The maximum Gasteiger partial charge on any atom is 0.308 e. The summed E-state index contributed by atoms with van der Waals surface area (Å²) in [5.74, 6) is -1.42. The van der Waals surface area contributed by atoms with Crippen molar-refractivity contribution in [2.45, 2.75) is 12.8 Å². The summed E-state index contributed by atoms with van der Waals surface area (Å²) in [4.78, 5) is 24.3. The van der Waals surface area contributed by atoms with E-state index in [4.69, 9.17) is 9.52 Å². The zero-order valence-electron chi connectivity index (χ0n) is 8.76. The van der Waals surface area contributed by atoms with Crippen LogP contribution in [-0.2, 0) is 4.79 Å². The molecule has 0 saturated carbocycles. The van der Waals surface area contributed by atoms with E-state index >= 15 is 0 Å². The van der Waals surface area contributed by atoms with Gasteiger partial charge in [-0.1, -0.05) is 0 Å². The van der Waals surface area contributed by atoms with Crippen molar-refractivity contribution in [2.24, 2.45) is 5.92 Å². The highest BCUT2D eigenvalue weighted by atomic mass is 16.4. The summed E-state index contributed by atoms with van der Waals surface area (Å²) in [7, 11) is 0. The molecule has 0 aliphatic carbocycles. The Morgan fingerprint density at radius 1 is 1.50 bits per heavy atom. The van der Waals surface area contributed by atoms with Crippen LogP contribution < -0.4 is 0 Å². The number of hydrogen-bond acceptors (Lipinski definition) is 3. The van der Waals surface area contributed by atoms with Crippen LogP contribution in [0, 0.1) is 5.92 Å². The second kappa shape index (κ2) is 4.38. The molecule has 1 aliphatic heterocycles. The third-order valence-electron chi connectivity index (χ3n) is 2.83. The average molecular weight is 223 g/mol. The molecule has 2 heterocycles. The highest BCUT2D eigenvalue weighted by Gasteiger charge is 2.28. The van der Waals surface area contributed by atoms with Crippen molar-refractivity contribution >= 4 is 11.9 Å². The van der Waals surface area contributed by atoms with Crippen LogP contribution in [0.4, 0.5) is 0 Å². The van der Waals surface area contributed by atoms with Crippen LogP contribution in [0.1, 0.15) is 23.2 Å². The zero-order chi connectivity index (χ0) is 11.5. The molecule has 0 unspecified atom stereocenters. The number of rotatable bonds is 2. The predicted octanol–water partition coefficient (Wildman–Crippen LogP) is 1.22. The van der Waals surface area contributed by atoms with Gasteiger partial charge in [0.05, 0.1) is 17.7 Å². The fourth-order valence-corrected chi connectivity index (χ4v) is 1.93. The number of carboxylic acids is 1. The Labute approximate surface area is 92.7 Å². The van der Waals surface area contributed by atoms with Crippen molar-refractivity contribution in [2.75, 3.05) is 13.1 Å². The van der Waals surface area contributed by atoms with Crippen LogP contribution in [0.5, 0.6) is 0 Å². The Morgan fingerprint density at radius 2 is 2.31 bits per heavy atom. The summed E-state index contributed by atoms with van der Waals surface area (Å²) >= 11 is 0. The number of amides is 1. The van der Waals surface area contributed by atoms with E-state index in [-0.39, 0.29) is 5.91 Å². The van der Waals surface area contributed by atoms with Crippen molar-refractivity contribution < 1.29 is 19.1 Å². The van der Waals surface area contributed by atoms with E-state index in [1.807, 2.05) is 0 Å². The molecular formula is C11H13NO4. The number of nitrogens with zero attached hydrogens (tertiary/aromatic N) is 1. The standard InChI is InChI=1S/C11H13NO4/c13-10(9-3-5-16-7-9)12-4-1-2-8(6-12)11(14)15/h3,5,7-8H,1-2,4,6H2,(H,14,15)/t8-/m1/s1. The van der Waals surface area contributed by atoms with Crippen LogP contribution in [0.25, 0.3) is 0 Å². The minimum atomic E-state index is -0.829. The van der Waals surface area contributed by atoms with E-state index in [9.17, 15) is 9.59 Å². The number of aliphatic carboxylic acids is 1. The molecule has 0 aromatic carbocycles. The SMILES string of the molecule is O=C(O)[C@@H]1CCCN(C(=O)c2ccoc2)C1. The topological polar surface area (TPSA) is 70.8 Å². The number of likely N-dealkylation sites (tertiary alicyclic amines) is 1. The fourth-order valence-electron chi connectivity index (χ4n) is 1.93. The van der Waals surface area contributed by atoms with Gasteiger partial charge in [-0.3, -0.25) is 9.59 Å². The summed E-state index contributed by atoms with van der Waals surface area (Å²) in [5, 5.41) is 8.91. The van der Waals surface area contributed by atoms with Gasteiger partial charge >= 0.3 is 5.97 Å². The molecule has 5 nitrogen and oxygen atoms in total. The van der Waals surface area contributed by atoms with Crippen molar-refractivity contribution in [3.63, 3.8) is 0 Å². The predicted molar refractivity (Wildman–Crippen MR) is 55.0 cm³/mol. The molecule has 1 atom stereocenters. The maximum absolute atomic E-state index is 11.9. The molecule has 1 fully saturated rings. The molecule has 0 radical (unpaired) electrons. The molecule has 16 heavy (non-hydrogen) atoms. The van der Waals surface area contributed by atoms with Gasteiger partial charge < -0.3 is 14.4 Å². The zero-order valence-corrected chi connectivity index (χ0v) is 8.76. The molecule has 1 aliphatic rings. The number of carbonyl (C=O) groups excluding carboxylic acids is 1. The molecule has 1 saturated heterocycles. The summed E-state index contributed by atoms with van der Waals surface area (Å²) in [6.07, 6.45) is 4.20. The molecule has 0 spiro atoms. The number of furan rings is 1. The highest BCUT2D eigenvalue weighted by Crippen LogP contribution is 2.18. The van der Waals surface area contributed by atoms with Crippen LogP contribution in [0.3, 0.4) is 0 Å². The molecule has 86 valence electrons. The number of carboxylic acid groups (broad SMARTS) is 1. The summed E-state index contributed by atoms with van der Waals surface area (Å²) in [6.45, 7) is 0.910. The lowest BCUT2D eigenvalue weighted by Gasteiger charge is -2.30. The first kappa shape index (κ1) is 10.7. The van der Waals surface area contributed by atoms with E-state index < -0.39 is 11.9 Å². The van der Waals surface area contributed by atoms with Gasteiger partial charge in [0.15, 0.2) is 0 Å². The van der Waals surface area contributed by atoms with Crippen LogP contribution in [0.2, 0.25) is 0 Å². The van der Waals surface area contributed by atoms with E-state index in [1.54, 1.807) is 11.0 Å². The minimum Gasteiger partial charge on any atom is -0.481 e. The van der Waals surface area contributed by atoms with Gasteiger partial charge in [-0.25, -0.2) is 0 Å². The normalized spacial score (nSPS) is 20.8. The molecule has 1 N–H and O–H groups in total. The van der Waals surface area contributed by atoms with Gasteiger partial charge in [0.25, 0.3) is 5.91 Å². The van der Waals surface area contributed by atoms with E-state index in [0.717, 1.165) is 6.42 Å². The van der Waals surface area contributed by atoms with E-state index in [0.29, 0.717) is 25.1 Å². The summed E-state index contributed by atoms with van der Waals surface area (Å²) < 4.78 is 4.84. The first-order valence-electron chi connectivity index (χ1n) is 5.23. The third-order valence-corrected chi connectivity index (χ3v) is 2.83. The highest BCUT2D eigenvalue weighted by molar-refractivity contribution is 5.94. The molecule has 1 aromatic heterocycles. The Kier molecular flexibility index (Phi) is 2.94. The quantitative estimate of drug-likeness (QED) is 0.818. The first-order chi connectivity index (χ1) is 7.68. The first-order valence-corrected chi connectivity index (χ1v) is 5.23. The monoisotopic (exact) mass is 223 g/mol. The lowest BCUT2D eigenvalue weighted by molar-refractivity contribution is -0.143. The lowest BCUT2D eigenvalue weighted by atomic mass is 9.98. The Hall–Kier alpha value is -1.78.